The fraction of sp³-hybridized carbons (Fsp3) is 0.300. The van der Waals surface area contributed by atoms with E-state index in [2.05, 4.69) is 15.8 Å². The zero-order valence-corrected chi connectivity index (χ0v) is 22.4. The maximum absolute atomic E-state index is 14.1. The molecule has 0 aliphatic carbocycles. The summed E-state index contributed by atoms with van der Waals surface area (Å²) in [4.78, 5) is 38.1. The standard InChI is InChI=1S/C30H27F5N4O3/c1-18-36-26(42-38-18)20-2-4-21(5-3-20)27(40)39-16-14-29(15-17-39,22-8-12-24(32)13-9-22)28(41)37-25(30(33,34)35)19-6-10-23(31)11-7-19/h2-13,18,25,38H,14-17H2,1H3,(H,37,41). The van der Waals surface area contributed by atoms with Gasteiger partial charge in [-0.1, -0.05) is 24.3 Å². The Labute approximate surface area is 238 Å². The predicted molar refractivity (Wildman–Crippen MR) is 143 cm³/mol. The van der Waals surface area contributed by atoms with E-state index in [9.17, 15) is 31.5 Å². The summed E-state index contributed by atoms with van der Waals surface area (Å²) in [7, 11) is 0. The van der Waals surface area contributed by atoms with Gasteiger partial charge in [0, 0.05) is 24.2 Å². The van der Waals surface area contributed by atoms with Gasteiger partial charge in [-0.2, -0.15) is 13.2 Å². The molecule has 2 aliphatic rings. The SMILES string of the molecule is CC1N=C(c2ccc(C(=O)N3CCC(C(=O)NC(c4ccc(F)cc4)C(F)(F)F)(c4ccc(F)cc4)CC3)cc2)ON1. The van der Waals surface area contributed by atoms with Crippen LogP contribution in [0.15, 0.2) is 77.8 Å². The van der Waals surface area contributed by atoms with Gasteiger partial charge < -0.3 is 15.1 Å². The summed E-state index contributed by atoms with van der Waals surface area (Å²) in [6.45, 7) is 1.95. The number of alkyl halides is 3. The minimum atomic E-state index is -4.87. The van der Waals surface area contributed by atoms with Crippen LogP contribution in [0.3, 0.4) is 0 Å². The number of carbonyl (C=O) groups is 2. The maximum Gasteiger partial charge on any atom is 0.412 e. The lowest BCUT2D eigenvalue weighted by Gasteiger charge is -2.42. The normalized spacial score (nSPS) is 19.0. The van der Waals surface area contributed by atoms with Crippen molar-refractivity contribution in [1.29, 1.82) is 0 Å². The first-order chi connectivity index (χ1) is 20.0. The smallest absolute Gasteiger partial charge is 0.386 e. The van der Waals surface area contributed by atoms with E-state index in [0.717, 1.165) is 36.4 Å². The van der Waals surface area contributed by atoms with E-state index in [1.54, 1.807) is 24.3 Å². The summed E-state index contributed by atoms with van der Waals surface area (Å²) in [5, 5.41) is 2.12. The zero-order chi connectivity index (χ0) is 30.1. The second-order valence-electron chi connectivity index (χ2n) is 10.3. The van der Waals surface area contributed by atoms with E-state index in [-0.39, 0.29) is 43.6 Å². The average molecular weight is 587 g/mol. The number of amides is 2. The van der Waals surface area contributed by atoms with Crippen molar-refractivity contribution in [2.24, 2.45) is 4.99 Å². The van der Waals surface area contributed by atoms with Gasteiger partial charge >= 0.3 is 6.18 Å². The molecule has 3 aromatic rings. The number of nitrogens with zero attached hydrogens (tertiary/aromatic N) is 2. The Kier molecular flexibility index (Phi) is 8.00. The summed E-state index contributed by atoms with van der Waals surface area (Å²) in [6, 6.07) is 13.0. The Bertz CT molecular complexity index is 1470. The zero-order valence-electron chi connectivity index (χ0n) is 22.4. The molecule has 2 unspecified atom stereocenters. The monoisotopic (exact) mass is 586 g/mol. The molecule has 0 bridgehead atoms. The molecule has 2 amide bonds. The predicted octanol–water partition coefficient (Wildman–Crippen LogP) is 5.19. The van der Waals surface area contributed by atoms with Crippen LogP contribution in [-0.4, -0.2) is 48.0 Å². The summed E-state index contributed by atoms with van der Waals surface area (Å²) in [5.74, 6) is -2.11. The van der Waals surface area contributed by atoms with Crippen molar-refractivity contribution in [3.63, 3.8) is 0 Å². The van der Waals surface area contributed by atoms with Gasteiger partial charge in [0.15, 0.2) is 6.04 Å². The molecule has 2 atom stereocenters. The van der Waals surface area contributed by atoms with Crippen LogP contribution in [0.5, 0.6) is 0 Å². The van der Waals surface area contributed by atoms with Crippen molar-refractivity contribution < 1.29 is 36.4 Å². The van der Waals surface area contributed by atoms with E-state index < -0.39 is 35.2 Å². The molecule has 5 rings (SSSR count). The Balaban J connectivity index is 1.37. The molecule has 0 radical (unpaired) electrons. The number of rotatable bonds is 6. The number of piperidine rings is 1. The molecule has 2 N–H and O–H groups in total. The summed E-state index contributed by atoms with van der Waals surface area (Å²) >= 11 is 0. The van der Waals surface area contributed by atoms with Gasteiger partial charge in [0.25, 0.3) is 5.91 Å². The van der Waals surface area contributed by atoms with Crippen LogP contribution in [0.4, 0.5) is 22.0 Å². The molecule has 0 spiro atoms. The maximum atomic E-state index is 14.1. The molecule has 2 heterocycles. The van der Waals surface area contributed by atoms with E-state index in [1.165, 1.54) is 17.0 Å². The molecule has 1 saturated heterocycles. The fourth-order valence-electron chi connectivity index (χ4n) is 5.23. The van der Waals surface area contributed by atoms with Gasteiger partial charge in [-0.25, -0.2) is 13.8 Å². The first-order valence-corrected chi connectivity index (χ1v) is 13.3. The van der Waals surface area contributed by atoms with Gasteiger partial charge in [0.05, 0.1) is 5.41 Å². The largest absolute Gasteiger partial charge is 0.412 e. The van der Waals surface area contributed by atoms with Crippen LogP contribution < -0.4 is 10.8 Å². The van der Waals surface area contributed by atoms with Crippen molar-refractivity contribution in [2.45, 2.75) is 43.6 Å². The third-order valence-electron chi connectivity index (χ3n) is 7.56. The lowest BCUT2D eigenvalue weighted by atomic mass is 9.71. The first-order valence-electron chi connectivity index (χ1n) is 13.3. The molecular weight excluding hydrogens is 559 g/mol. The average Bonchev–Trinajstić information content (AvgIpc) is 3.42. The number of nitrogens with one attached hydrogen (secondary N) is 2. The molecule has 1 fully saturated rings. The van der Waals surface area contributed by atoms with Crippen LogP contribution in [0.25, 0.3) is 0 Å². The first kappa shape index (κ1) is 29.2. The van der Waals surface area contributed by atoms with Gasteiger partial charge in [0.1, 0.15) is 17.8 Å². The summed E-state index contributed by atoms with van der Waals surface area (Å²) in [5.41, 5.74) is 2.29. The third kappa shape index (κ3) is 5.98. The van der Waals surface area contributed by atoms with Crippen molar-refractivity contribution in [3.05, 3.63) is 107 Å². The third-order valence-corrected chi connectivity index (χ3v) is 7.56. The van der Waals surface area contributed by atoms with Crippen molar-refractivity contribution >= 4 is 17.7 Å². The van der Waals surface area contributed by atoms with Crippen LogP contribution in [-0.2, 0) is 15.0 Å². The lowest BCUT2D eigenvalue weighted by molar-refractivity contribution is -0.165. The molecule has 7 nitrogen and oxygen atoms in total. The highest BCUT2D eigenvalue weighted by Gasteiger charge is 2.48. The Morgan fingerprint density at radius 1 is 0.952 bits per heavy atom. The van der Waals surface area contributed by atoms with Crippen LogP contribution in [0.1, 0.15) is 52.9 Å². The van der Waals surface area contributed by atoms with Gasteiger partial charge in [0.2, 0.25) is 11.8 Å². The number of benzene rings is 3. The Morgan fingerprint density at radius 2 is 1.52 bits per heavy atom. The fourth-order valence-corrected chi connectivity index (χ4v) is 5.23. The van der Waals surface area contributed by atoms with Crippen molar-refractivity contribution in [1.82, 2.24) is 15.7 Å². The molecule has 0 saturated carbocycles. The molecule has 12 heteroatoms. The number of hydrogen-bond acceptors (Lipinski definition) is 5. The van der Waals surface area contributed by atoms with Gasteiger partial charge in [-0.15, -0.1) is 5.48 Å². The van der Waals surface area contributed by atoms with Crippen LogP contribution in [0, 0.1) is 11.6 Å². The topological polar surface area (TPSA) is 83.0 Å². The van der Waals surface area contributed by atoms with Crippen molar-refractivity contribution in [2.75, 3.05) is 13.1 Å². The number of halogens is 5. The highest BCUT2D eigenvalue weighted by molar-refractivity contribution is 5.98. The number of hydroxylamine groups is 1. The molecule has 3 aromatic carbocycles. The number of likely N-dealkylation sites (tertiary alicyclic amines) is 1. The molecule has 42 heavy (non-hydrogen) atoms. The minimum Gasteiger partial charge on any atom is -0.386 e. The Morgan fingerprint density at radius 3 is 2.05 bits per heavy atom. The van der Waals surface area contributed by atoms with Gasteiger partial charge in [-0.3, -0.25) is 9.59 Å². The number of carbonyl (C=O) groups excluding carboxylic acids is 2. The van der Waals surface area contributed by atoms with E-state index >= 15 is 0 Å². The van der Waals surface area contributed by atoms with Crippen molar-refractivity contribution in [3.8, 4) is 0 Å². The minimum absolute atomic E-state index is 0.00348. The van der Waals surface area contributed by atoms with Crippen LogP contribution in [0.2, 0.25) is 0 Å². The lowest BCUT2D eigenvalue weighted by Crippen LogP contribution is -2.54. The van der Waals surface area contributed by atoms with E-state index in [4.69, 9.17) is 4.84 Å². The van der Waals surface area contributed by atoms with Crippen LogP contribution >= 0.6 is 0 Å². The second kappa shape index (κ2) is 11.5. The second-order valence-corrected chi connectivity index (χ2v) is 10.3. The quantitative estimate of drug-likeness (QED) is 0.390. The number of hydrogen-bond donors (Lipinski definition) is 2. The van der Waals surface area contributed by atoms with Gasteiger partial charge in [-0.05, 0) is 79.4 Å². The molecule has 0 aromatic heterocycles. The highest BCUT2D eigenvalue weighted by Crippen LogP contribution is 2.39. The molecular formula is C30H27F5N4O3. The molecule has 2 aliphatic heterocycles. The van der Waals surface area contributed by atoms with E-state index in [1.807, 2.05) is 6.92 Å². The Hall–Kier alpha value is -4.32. The molecule has 220 valence electrons. The number of aliphatic imine (C=N–C) groups is 1. The van der Waals surface area contributed by atoms with E-state index in [0.29, 0.717) is 22.6 Å². The summed E-state index contributed by atoms with van der Waals surface area (Å²) < 4.78 is 69.4. The highest BCUT2D eigenvalue weighted by atomic mass is 19.4. The summed E-state index contributed by atoms with van der Waals surface area (Å²) in [6.07, 6.45) is -5.08.